The lowest BCUT2D eigenvalue weighted by atomic mass is 9.92. The van der Waals surface area contributed by atoms with Gasteiger partial charge in [-0.15, -0.1) is 0 Å². The fourth-order valence-corrected chi connectivity index (χ4v) is 4.31. The summed E-state index contributed by atoms with van der Waals surface area (Å²) in [5, 5.41) is 0. The molecule has 0 aliphatic heterocycles. The third-order valence-electron chi connectivity index (χ3n) is 6.59. The molecule has 0 heteroatoms. The van der Waals surface area contributed by atoms with E-state index in [-0.39, 0.29) is 0 Å². The fourth-order valence-electron chi connectivity index (χ4n) is 4.31. The predicted octanol–water partition coefficient (Wildman–Crippen LogP) is 10.7. The molecule has 0 nitrogen and oxygen atoms in total. The van der Waals surface area contributed by atoms with Crippen LogP contribution in [-0.2, 0) is 0 Å². The first-order valence-corrected chi connectivity index (χ1v) is 13.5. The van der Waals surface area contributed by atoms with Crippen LogP contribution in [0, 0.1) is 25.7 Å². The molecule has 29 heavy (non-hydrogen) atoms. The average molecular weight is 405 g/mol. The number of unbranched alkanes of at least 4 members (excludes halogenated alkanes) is 13. The third kappa shape index (κ3) is 22.3. The van der Waals surface area contributed by atoms with Crippen molar-refractivity contribution in [2.75, 3.05) is 0 Å². The molecule has 0 aliphatic rings. The number of hydrogen-bond donors (Lipinski definition) is 0. The molecule has 0 amide bonds. The molecule has 0 saturated carbocycles. The second-order valence-corrected chi connectivity index (χ2v) is 9.54. The van der Waals surface area contributed by atoms with Crippen LogP contribution in [0.1, 0.15) is 149 Å². The molecule has 0 fully saturated rings. The highest BCUT2D eigenvalue weighted by Gasteiger charge is 2.06. The van der Waals surface area contributed by atoms with Crippen LogP contribution in [0.4, 0.5) is 0 Å². The molecule has 0 aliphatic carbocycles. The largest absolute Gasteiger partial charge is 0.0885 e. The molecule has 2 atom stereocenters. The molecule has 0 rings (SSSR count). The van der Waals surface area contributed by atoms with Gasteiger partial charge in [-0.25, -0.2) is 0 Å². The van der Waals surface area contributed by atoms with Gasteiger partial charge in [-0.1, -0.05) is 155 Å². The third-order valence-corrected chi connectivity index (χ3v) is 6.59. The normalized spacial score (nSPS) is 13.9. The highest BCUT2D eigenvalue weighted by atomic mass is 14.1. The SMILES string of the molecule is [CH2]CCCCCCCCC=CCC(CC)CCCCC(C)CCCCCCC[CH2]. The topological polar surface area (TPSA) is 0 Å². The Hall–Kier alpha value is -0.260. The van der Waals surface area contributed by atoms with Gasteiger partial charge in [-0.05, 0) is 31.1 Å². The van der Waals surface area contributed by atoms with E-state index in [0.717, 1.165) is 24.7 Å². The molecule has 2 unspecified atom stereocenters. The first kappa shape index (κ1) is 28.7. The molecule has 0 N–H and O–H groups in total. The van der Waals surface area contributed by atoms with E-state index in [2.05, 4.69) is 39.8 Å². The van der Waals surface area contributed by atoms with Gasteiger partial charge in [0.05, 0.1) is 0 Å². The van der Waals surface area contributed by atoms with Crippen molar-refractivity contribution in [3.8, 4) is 0 Å². The van der Waals surface area contributed by atoms with Crippen molar-refractivity contribution < 1.29 is 0 Å². The molecule has 0 bridgehead atoms. The average Bonchev–Trinajstić information content (AvgIpc) is 2.73. The van der Waals surface area contributed by atoms with Crippen molar-refractivity contribution in [3.05, 3.63) is 26.0 Å². The summed E-state index contributed by atoms with van der Waals surface area (Å²) in [5.41, 5.74) is 0. The molecule has 0 aromatic heterocycles. The van der Waals surface area contributed by atoms with Crippen molar-refractivity contribution in [2.24, 2.45) is 11.8 Å². The van der Waals surface area contributed by atoms with Gasteiger partial charge in [0.25, 0.3) is 0 Å². The Morgan fingerprint density at radius 1 is 0.586 bits per heavy atom. The lowest BCUT2D eigenvalue weighted by Crippen LogP contribution is -1.99. The van der Waals surface area contributed by atoms with Crippen molar-refractivity contribution in [3.63, 3.8) is 0 Å². The summed E-state index contributed by atoms with van der Waals surface area (Å²) in [5.74, 6) is 1.85. The fraction of sp³-hybridized carbons (Fsp3) is 0.862. The highest BCUT2D eigenvalue weighted by Crippen LogP contribution is 2.22. The smallest absolute Gasteiger partial charge is 0.0322 e. The minimum Gasteiger partial charge on any atom is -0.0885 e. The summed E-state index contributed by atoms with van der Waals surface area (Å²) in [4.78, 5) is 0. The molecule has 0 spiro atoms. The van der Waals surface area contributed by atoms with Gasteiger partial charge in [0.1, 0.15) is 0 Å². The summed E-state index contributed by atoms with van der Waals surface area (Å²) < 4.78 is 0. The van der Waals surface area contributed by atoms with Gasteiger partial charge in [0.15, 0.2) is 0 Å². The Morgan fingerprint density at radius 3 is 1.66 bits per heavy atom. The van der Waals surface area contributed by atoms with E-state index in [0.29, 0.717) is 0 Å². The standard InChI is InChI=1S/C29H56/c1-5-8-10-12-14-15-16-17-19-21-26-29(7-3)27-23-22-25-28(4)24-20-18-13-11-9-6-2/h19,21,28-29H,1-2,5-18,20,22-27H2,3-4H3. The summed E-state index contributed by atoms with van der Waals surface area (Å²) in [6.07, 6.45) is 33.6. The van der Waals surface area contributed by atoms with Gasteiger partial charge in [0, 0.05) is 0 Å². The maximum absolute atomic E-state index is 3.93. The zero-order chi connectivity index (χ0) is 21.4. The molecule has 172 valence electrons. The first-order chi connectivity index (χ1) is 14.2. The number of rotatable bonds is 23. The van der Waals surface area contributed by atoms with Crippen LogP contribution in [-0.4, -0.2) is 0 Å². The van der Waals surface area contributed by atoms with E-state index in [1.165, 1.54) is 122 Å². The van der Waals surface area contributed by atoms with Crippen LogP contribution >= 0.6 is 0 Å². The van der Waals surface area contributed by atoms with Gasteiger partial charge < -0.3 is 0 Å². The Kier molecular flexibility index (Phi) is 23.8. The van der Waals surface area contributed by atoms with Crippen LogP contribution in [0.15, 0.2) is 12.2 Å². The predicted molar refractivity (Wildman–Crippen MR) is 135 cm³/mol. The van der Waals surface area contributed by atoms with E-state index in [4.69, 9.17) is 0 Å². The Bertz CT molecular complexity index is 316. The van der Waals surface area contributed by atoms with Crippen molar-refractivity contribution in [1.29, 1.82) is 0 Å². The Balaban J connectivity index is 3.51. The summed E-state index contributed by atoms with van der Waals surface area (Å²) in [6, 6.07) is 0. The quantitative estimate of drug-likeness (QED) is 0.117. The number of allylic oxidation sites excluding steroid dienone is 2. The zero-order valence-electron chi connectivity index (χ0n) is 20.6. The monoisotopic (exact) mass is 404 g/mol. The Labute approximate surface area is 186 Å². The van der Waals surface area contributed by atoms with Crippen molar-refractivity contribution in [2.45, 2.75) is 149 Å². The van der Waals surface area contributed by atoms with E-state index in [1.807, 2.05) is 0 Å². The Morgan fingerprint density at radius 2 is 1.07 bits per heavy atom. The lowest BCUT2D eigenvalue weighted by Gasteiger charge is -2.14. The van der Waals surface area contributed by atoms with Crippen LogP contribution in [0.2, 0.25) is 0 Å². The zero-order valence-corrected chi connectivity index (χ0v) is 20.6. The van der Waals surface area contributed by atoms with Gasteiger partial charge >= 0.3 is 0 Å². The van der Waals surface area contributed by atoms with Crippen LogP contribution in [0.5, 0.6) is 0 Å². The minimum atomic E-state index is 0.914. The minimum absolute atomic E-state index is 0.914. The van der Waals surface area contributed by atoms with Gasteiger partial charge in [-0.2, -0.15) is 0 Å². The van der Waals surface area contributed by atoms with E-state index >= 15 is 0 Å². The van der Waals surface area contributed by atoms with Crippen molar-refractivity contribution >= 4 is 0 Å². The van der Waals surface area contributed by atoms with Crippen LogP contribution in [0.25, 0.3) is 0 Å². The maximum atomic E-state index is 3.93. The second kappa shape index (κ2) is 24.0. The maximum Gasteiger partial charge on any atom is -0.0322 e. The van der Waals surface area contributed by atoms with Crippen LogP contribution < -0.4 is 0 Å². The molecular weight excluding hydrogens is 348 g/mol. The van der Waals surface area contributed by atoms with Crippen LogP contribution in [0.3, 0.4) is 0 Å². The summed E-state index contributed by atoms with van der Waals surface area (Å²) in [7, 11) is 0. The highest BCUT2D eigenvalue weighted by molar-refractivity contribution is 4.83. The summed E-state index contributed by atoms with van der Waals surface area (Å²) >= 11 is 0. The lowest BCUT2D eigenvalue weighted by molar-refractivity contribution is 0.403. The molecule has 0 heterocycles. The molecular formula is C29H56. The van der Waals surface area contributed by atoms with Crippen molar-refractivity contribution in [1.82, 2.24) is 0 Å². The number of hydrogen-bond acceptors (Lipinski definition) is 0. The summed E-state index contributed by atoms with van der Waals surface area (Å²) in [6.45, 7) is 12.7. The van der Waals surface area contributed by atoms with E-state index in [1.54, 1.807) is 0 Å². The second-order valence-electron chi connectivity index (χ2n) is 9.54. The molecule has 2 radical (unpaired) electrons. The molecule has 0 aromatic rings. The van der Waals surface area contributed by atoms with E-state index in [9.17, 15) is 0 Å². The molecule has 0 saturated heterocycles. The van der Waals surface area contributed by atoms with E-state index < -0.39 is 0 Å². The molecule has 0 aromatic carbocycles. The van der Waals surface area contributed by atoms with Gasteiger partial charge in [0.2, 0.25) is 0 Å². The first-order valence-electron chi connectivity index (χ1n) is 13.5. The van der Waals surface area contributed by atoms with Gasteiger partial charge in [-0.3, -0.25) is 0 Å².